The normalized spacial score (nSPS) is 9.77. The lowest BCUT2D eigenvalue weighted by Crippen LogP contribution is -2.13. The lowest BCUT2D eigenvalue weighted by Gasteiger charge is -2.11. The van der Waals surface area contributed by atoms with Crippen LogP contribution in [-0.4, -0.2) is 23.6 Å². The summed E-state index contributed by atoms with van der Waals surface area (Å²) in [4.78, 5) is 23.3. The predicted octanol–water partition coefficient (Wildman–Crippen LogP) is 5.68. The fraction of sp³-hybridized carbons (Fsp3) is 0.263. The molecule has 7 heteroatoms. The number of carboxylic acid groups (broad SMARTS) is 1. The number of aryl methyl sites for hydroxylation is 1. The Morgan fingerprint density at radius 3 is 2.15 bits per heavy atom. The second-order valence-electron chi connectivity index (χ2n) is 4.99. The molecule has 2 aromatic carbocycles. The van der Waals surface area contributed by atoms with E-state index in [1.54, 1.807) is 19.9 Å². The highest BCUT2D eigenvalue weighted by Crippen LogP contribution is 2.34. The number of hydrogen-bond donors (Lipinski definition) is 2. The standard InChI is InChI=1S/C17H15Cl2NO4.C2H6/c1-3-24-15-13(18)7-10(8-14(15)19)16(21)20-11-4-5-12(17(22)23)9(2)6-11;1-2/h4-8H,3H2,1-2H3,(H,20,21)(H,22,23);1-2H3. The first-order valence-corrected chi connectivity index (χ1v) is 8.86. The summed E-state index contributed by atoms with van der Waals surface area (Å²) in [5, 5.41) is 12.2. The number of rotatable bonds is 5. The minimum atomic E-state index is -1.02. The fourth-order valence-electron chi connectivity index (χ4n) is 2.16. The molecule has 0 atom stereocenters. The highest BCUT2D eigenvalue weighted by molar-refractivity contribution is 6.37. The maximum Gasteiger partial charge on any atom is 0.335 e. The Bertz CT molecular complexity index is 783. The van der Waals surface area contributed by atoms with E-state index < -0.39 is 11.9 Å². The Morgan fingerprint density at radius 2 is 1.69 bits per heavy atom. The molecule has 2 rings (SSSR count). The number of anilines is 1. The third kappa shape index (κ3) is 5.38. The maximum absolute atomic E-state index is 12.3. The number of nitrogens with one attached hydrogen (secondary N) is 1. The number of amides is 1. The van der Waals surface area contributed by atoms with E-state index in [1.807, 2.05) is 13.8 Å². The molecule has 0 saturated heterocycles. The number of halogens is 2. The molecule has 0 fully saturated rings. The van der Waals surface area contributed by atoms with E-state index in [0.717, 1.165) is 0 Å². The minimum Gasteiger partial charge on any atom is -0.491 e. The van der Waals surface area contributed by atoms with Crippen molar-refractivity contribution in [2.75, 3.05) is 11.9 Å². The summed E-state index contributed by atoms with van der Waals surface area (Å²) in [6.07, 6.45) is 0. The number of carboxylic acids is 1. The molecular weight excluding hydrogens is 377 g/mol. The molecule has 0 spiro atoms. The van der Waals surface area contributed by atoms with Crippen LogP contribution < -0.4 is 10.1 Å². The summed E-state index contributed by atoms with van der Waals surface area (Å²) in [6, 6.07) is 7.47. The molecule has 140 valence electrons. The van der Waals surface area contributed by atoms with Gasteiger partial charge in [-0.15, -0.1) is 0 Å². The van der Waals surface area contributed by atoms with E-state index in [2.05, 4.69) is 5.32 Å². The lowest BCUT2D eigenvalue weighted by molar-refractivity contribution is 0.0696. The van der Waals surface area contributed by atoms with Crippen molar-refractivity contribution in [3.05, 3.63) is 57.1 Å². The molecule has 0 bridgehead atoms. The Kier molecular flexibility index (Phi) is 8.42. The van der Waals surface area contributed by atoms with Crippen molar-refractivity contribution >= 4 is 40.8 Å². The molecule has 0 saturated carbocycles. The topological polar surface area (TPSA) is 75.6 Å². The number of aromatic carboxylic acids is 1. The smallest absolute Gasteiger partial charge is 0.335 e. The van der Waals surface area contributed by atoms with E-state index >= 15 is 0 Å². The number of hydrogen-bond acceptors (Lipinski definition) is 3. The third-order valence-electron chi connectivity index (χ3n) is 3.26. The Balaban J connectivity index is 0.00000163. The van der Waals surface area contributed by atoms with Gasteiger partial charge in [0.2, 0.25) is 0 Å². The van der Waals surface area contributed by atoms with Gasteiger partial charge in [-0.05, 0) is 49.7 Å². The van der Waals surface area contributed by atoms with Gasteiger partial charge in [0.1, 0.15) is 0 Å². The summed E-state index contributed by atoms with van der Waals surface area (Å²) in [5.41, 5.74) is 1.47. The fourth-order valence-corrected chi connectivity index (χ4v) is 2.75. The van der Waals surface area contributed by atoms with E-state index in [1.165, 1.54) is 24.3 Å². The molecule has 0 radical (unpaired) electrons. The van der Waals surface area contributed by atoms with E-state index in [4.69, 9.17) is 33.0 Å². The van der Waals surface area contributed by atoms with Crippen molar-refractivity contribution in [1.29, 1.82) is 0 Å². The average molecular weight is 398 g/mol. The average Bonchev–Trinajstić information content (AvgIpc) is 2.59. The zero-order chi connectivity index (χ0) is 19.9. The van der Waals surface area contributed by atoms with Crippen molar-refractivity contribution in [2.24, 2.45) is 0 Å². The van der Waals surface area contributed by atoms with Crippen LogP contribution in [-0.2, 0) is 0 Å². The van der Waals surface area contributed by atoms with Crippen LogP contribution in [0.15, 0.2) is 30.3 Å². The first-order chi connectivity index (χ1) is 12.3. The van der Waals surface area contributed by atoms with E-state index in [9.17, 15) is 9.59 Å². The van der Waals surface area contributed by atoms with Crippen molar-refractivity contribution in [1.82, 2.24) is 0 Å². The second kappa shape index (κ2) is 10.0. The van der Waals surface area contributed by atoms with Crippen LogP contribution >= 0.6 is 23.2 Å². The molecule has 1 amide bonds. The zero-order valence-electron chi connectivity index (χ0n) is 15.0. The number of carbonyl (C=O) groups is 2. The highest BCUT2D eigenvalue weighted by atomic mass is 35.5. The summed E-state index contributed by atoms with van der Waals surface area (Å²) in [5.74, 6) is -1.10. The molecule has 2 N–H and O–H groups in total. The van der Waals surface area contributed by atoms with Gasteiger partial charge in [0, 0.05) is 11.3 Å². The van der Waals surface area contributed by atoms with Gasteiger partial charge in [0.25, 0.3) is 5.91 Å². The van der Waals surface area contributed by atoms with Crippen LogP contribution in [0.1, 0.15) is 47.1 Å². The van der Waals surface area contributed by atoms with Crippen LogP contribution in [0.2, 0.25) is 10.0 Å². The lowest BCUT2D eigenvalue weighted by atomic mass is 10.1. The van der Waals surface area contributed by atoms with Crippen LogP contribution in [0.3, 0.4) is 0 Å². The molecule has 26 heavy (non-hydrogen) atoms. The van der Waals surface area contributed by atoms with Gasteiger partial charge in [-0.2, -0.15) is 0 Å². The van der Waals surface area contributed by atoms with Gasteiger partial charge in [-0.3, -0.25) is 4.79 Å². The van der Waals surface area contributed by atoms with Gasteiger partial charge in [0.05, 0.1) is 22.2 Å². The van der Waals surface area contributed by atoms with Gasteiger partial charge in [-0.25, -0.2) is 4.79 Å². The maximum atomic E-state index is 12.3. The molecular formula is C19H21Cl2NO4. The van der Waals surface area contributed by atoms with Gasteiger partial charge >= 0.3 is 5.97 Å². The minimum absolute atomic E-state index is 0.181. The van der Waals surface area contributed by atoms with Crippen LogP contribution in [0.25, 0.3) is 0 Å². The molecule has 0 aliphatic carbocycles. The molecule has 0 unspecified atom stereocenters. The highest BCUT2D eigenvalue weighted by Gasteiger charge is 2.15. The van der Waals surface area contributed by atoms with Crippen molar-refractivity contribution < 1.29 is 19.4 Å². The van der Waals surface area contributed by atoms with Gasteiger partial charge < -0.3 is 15.2 Å². The Hall–Kier alpha value is -2.24. The first-order valence-electron chi connectivity index (χ1n) is 8.10. The summed E-state index contributed by atoms with van der Waals surface area (Å²) in [6.45, 7) is 7.86. The van der Waals surface area contributed by atoms with E-state index in [0.29, 0.717) is 23.6 Å². The number of carbonyl (C=O) groups excluding carboxylic acids is 1. The van der Waals surface area contributed by atoms with Crippen LogP contribution in [0.5, 0.6) is 5.75 Å². The molecule has 0 heterocycles. The summed E-state index contributed by atoms with van der Waals surface area (Å²) >= 11 is 12.2. The third-order valence-corrected chi connectivity index (χ3v) is 3.83. The quantitative estimate of drug-likeness (QED) is 0.680. The number of ether oxygens (including phenoxy) is 1. The Morgan fingerprint density at radius 1 is 1.12 bits per heavy atom. The number of benzene rings is 2. The SMILES string of the molecule is CC.CCOc1c(Cl)cc(C(=O)Nc2ccc(C(=O)O)c(C)c2)cc1Cl. The first kappa shape index (κ1) is 21.8. The van der Waals surface area contributed by atoms with Crippen LogP contribution in [0, 0.1) is 6.92 Å². The second-order valence-corrected chi connectivity index (χ2v) is 5.81. The summed E-state index contributed by atoms with van der Waals surface area (Å²) < 4.78 is 5.32. The summed E-state index contributed by atoms with van der Waals surface area (Å²) in [7, 11) is 0. The largest absolute Gasteiger partial charge is 0.491 e. The Labute approximate surface area is 162 Å². The van der Waals surface area contributed by atoms with Crippen molar-refractivity contribution in [3.63, 3.8) is 0 Å². The molecule has 0 aliphatic heterocycles. The van der Waals surface area contributed by atoms with Crippen LogP contribution in [0.4, 0.5) is 5.69 Å². The predicted molar refractivity (Wildman–Crippen MR) is 105 cm³/mol. The molecule has 2 aromatic rings. The van der Waals surface area contributed by atoms with Crippen molar-refractivity contribution in [2.45, 2.75) is 27.7 Å². The van der Waals surface area contributed by atoms with Gasteiger partial charge in [0.15, 0.2) is 5.75 Å². The van der Waals surface area contributed by atoms with Crippen molar-refractivity contribution in [3.8, 4) is 5.75 Å². The molecule has 0 aromatic heterocycles. The zero-order valence-corrected chi connectivity index (χ0v) is 16.5. The molecule has 5 nitrogen and oxygen atoms in total. The molecule has 0 aliphatic rings. The van der Waals surface area contributed by atoms with Gasteiger partial charge in [-0.1, -0.05) is 37.0 Å². The monoisotopic (exact) mass is 397 g/mol. The van der Waals surface area contributed by atoms with E-state index in [-0.39, 0.29) is 21.2 Å².